The first kappa shape index (κ1) is 23.7. The molecule has 1 aromatic carbocycles. The zero-order valence-corrected chi connectivity index (χ0v) is 18.4. The van der Waals surface area contributed by atoms with Crippen molar-refractivity contribution in [2.24, 2.45) is 0 Å². The number of hydrogen-bond acceptors (Lipinski definition) is 9. The summed E-state index contributed by atoms with van der Waals surface area (Å²) < 4.78 is 20.8. The van der Waals surface area contributed by atoms with Gasteiger partial charge in [-0.3, -0.25) is 10.1 Å². The third-order valence-corrected chi connectivity index (χ3v) is 4.92. The van der Waals surface area contributed by atoms with Gasteiger partial charge in [-0.1, -0.05) is 12.1 Å². The number of rotatable bonds is 6. The third-order valence-electron chi connectivity index (χ3n) is 4.92. The molecule has 0 amide bonds. The molecular weight excluding hydrogens is 408 g/mol. The maximum Gasteiger partial charge on any atom is 0.513 e. The highest BCUT2D eigenvalue weighted by Crippen LogP contribution is 2.43. The van der Waals surface area contributed by atoms with E-state index in [2.05, 4.69) is 0 Å². The Labute approximate surface area is 180 Å². The summed E-state index contributed by atoms with van der Waals surface area (Å²) in [7, 11) is 1.71. The molecular formula is C21H26N2O8. The lowest BCUT2D eigenvalue weighted by Crippen LogP contribution is -2.30. The molecule has 0 N–H and O–H groups in total. The van der Waals surface area contributed by atoms with E-state index in [0.29, 0.717) is 22.5 Å². The SMILES string of the molecule is CCOC(=O)OC1=C(C)N(C)C(C)=C(OC(=O)OCC)C1c1ccc(C)c([N+](=O)[O-])c1. The summed E-state index contributed by atoms with van der Waals surface area (Å²) >= 11 is 0. The number of carbonyl (C=O) groups is 2. The van der Waals surface area contributed by atoms with Gasteiger partial charge in [0.1, 0.15) is 17.4 Å². The number of allylic oxidation sites excluding steroid dienone is 2. The second-order valence-electron chi connectivity index (χ2n) is 6.76. The minimum absolute atomic E-state index is 0.0999. The van der Waals surface area contributed by atoms with Crippen LogP contribution in [0.15, 0.2) is 41.1 Å². The van der Waals surface area contributed by atoms with Crippen molar-refractivity contribution >= 4 is 18.0 Å². The van der Waals surface area contributed by atoms with Crippen molar-refractivity contribution in [3.05, 3.63) is 62.4 Å². The first-order chi connectivity index (χ1) is 14.6. The Morgan fingerprint density at radius 1 is 1.00 bits per heavy atom. The van der Waals surface area contributed by atoms with Crippen LogP contribution in [0.1, 0.15) is 44.7 Å². The Kier molecular flexibility index (Phi) is 7.62. The predicted molar refractivity (Wildman–Crippen MR) is 110 cm³/mol. The number of carbonyl (C=O) groups excluding carboxylic acids is 2. The van der Waals surface area contributed by atoms with Crippen LogP contribution in [0.5, 0.6) is 0 Å². The number of aryl methyl sites for hydroxylation is 1. The van der Waals surface area contributed by atoms with Crippen molar-refractivity contribution in [3.8, 4) is 0 Å². The summed E-state index contributed by atoms with van der Waals surface area (Å²) in [4.78, 5) is 36.9. The molecule has 10 nitrogen and oxygen atoms in total. The molecule has 0 unspecified atom stereocenters. The maximum atomic E-state index is 12.1. The molecule has 0 bridgehead atoms. The first-order valence-corrected chi connectivity index (χ1v) is 9.71. The van der Waals surface area contributed by atoms with Crippen LogP contribution in [0.25, 0.3) is 0 Å². The monoisotopic (exact) mass is 434 g/mol. The smallest absolute Gasteiger partial charge is 0.434 e. The van der Waals surface area contributed by atoms with E-state index in [4.69, 9.17) is 18.9 Å². The Hall–Kier alpha value is -3.56. The number of benzene rings is 1. The fraction of sp³-hybridized carbons (Fsp3) is 0.429. The van der Waals surface area contributed by atoms with Crippen LogP contribution in [0, 0.1) is 17.0 Å². The van der Waals surface area contributed by atoms with E-state index in [1.807, 2.05) is 0 Å². The van der Waals surface area contributed by atoms with Gasteiger partial charge < -0.3 is 23.8 Å². The summed E-state index contributed by atoms with van der Waals surface area (Å²) in [6.07, 6.45) is -1.88. The van der Waals surface area contributed by atoms with Crippen LogP contribution >= 0.6 is 0 Å². The number of hydrogen-bond donors (Lipinski definition) is 0. The number of ether oxygens (including phenoxy) is 4. The van der Waals surface area contributed by atoms with Gasteiger partial charge in [-0.15, -0.1) is 0 Å². The molecule has 1 aliphatic rings. The van der Waals surface area contributed by atoms with Crippen molar-refractivity contribution in [2.45, 2.75) is 40.5 Å². The predicted octanol–water partition coefficient (Wildman–Crippen LogP) is 4.74. The summed E-state index contributed by atoms with van der Waals surface area (Å²) in [5.74, 6) is -0.655. The summed E-state index contributed by atoms with van der Waals surface area (Å²) in [5, 5.41) is 11.5. The highest BCUT2D eigenvalue weighted by Gasteiger charge is 2.38. The molecule has 1 aliphatic heterocycles. The van der Waals surface area contributed by atoms with Gasteiger partial charge in [-0.25, -0.2) is 9.59 Å². The van der Waals surface area contributed by atoms with Crippen molar-refractivity contribution in [1.82, 2.24) is 4.90 Å². The van der Waals surface area contributed by atoms with E-state index in [-0.39, 0.29) is 30.4 Å². The summed E-state index contributed by atoms with van der Waals surface area (Å²) in [6, 6.07) is 4.61. The molecule has 0 aliphatic carbocycles. The fourth-order valence-electron chi connectivity index (χ4n) is 3.16. The van der Waals surface area contributed by atoms with Gasteiger partial charge in [-0.05, 0) is 40.2 Å². The quantitative estimate of drug-likeness (QED) is 0.355. The van der Waals surface area contributed by atoms with Crippen LogP contribution in [0.3, 0.4) is 0 Å². The highest BCUT2D eigenvalue weighted by molar-refractivity contribution is 5.65. The largest absolute Gasteiger partial charge is 0.513 e. The van der Waals surface area contributed by atoms with Crippen molar-refractivity contribution in [2.75, 3.05) is 20.3 Å². The molecule has 0 aromatic heterocycles. The van der Waals surface area contributed by atoms with Crippen molar-refractivity contribution < 1.29 is 33.5 Å². The van der Waals surface area contributed by atoms with Crippen LogP contribution < -0.4 is 0 Å². The minimum atomic E-state index is -0.938. The van der Waals surface area contributed by atoms with Crippen LogP contribution in [-0.2, 0) is 18.9 Å². The number of nitro groups is 1. The Balaban J connectivity index is 2.67. The van der Waals surface area contributed by atoms with Gasteiger partial charge in [-0.2, -0.15) is 0 Å². The molecule has 2 rings (SSSR count). The summed E-state index contributed by atoms with van der Waals surface area (Å²) in [6.45, 7) is 8.52. The van der Waals surface area contributed by atoms with E-state index in [0.717, 1.165) is 0 Å². The molecule has 168 valence electrons. The molecule has 0 atom stereocenters. The first-order valence-electron chi connectivity index (χ1n) is 9.71. The molecule has 0 radical (unpaired) electrons. The Morgan fingerprint density at radius 2 is 1.48 bits per heavy atom. The van der Waals surface area contributed by atoms with Crippen molar-refractivity contribution in [1.29, 1.82) is 0 Å². The standard InChI is InChI=1S/C21H26N2O8/c1-7-28-20(24)30-18-13(4)22(6)14(5)19(31-21(25)29-8-2)17(18)15-10-9-12(3)16(11-15)23(26)27/h9-11,17H,7-8H2,1-6H3. The number of nitrogens with zero attached hydrogens (tertiary/aromatic N) is 2. The molecule has 0 saturated carbocycles. The molecule has 0 spiro atoms. The second-order valence-corrected chi connectivity index (χ2v) is 6.76. The average molecular weight is 434 g/mol. The lowest BCUT2D eigenvalue weighted by molar-refractivity contribution is -0.385. The molecule has 10 heteroatoms. The van der Waals surface area contributed by atoms with Crippen LogP contribution in [-0.4, -0.2) is 42.4 Å². The topological polar surface area (TPSA) is 117 Å². The van der Waals surface area contributed by atoms with Crippen LogP contribution in [0.4, 0.5) is 15.3 Å². The van der Waals surface area contributed by atoms with Crippen molar-refractivity contribution in [3.63, 3.8) is 0 Å². The lowest BCUT2D eigenvalue weighted by atomic mass is 9.89. The normalized spacial score (nSPS) is 14.5. The third kappa shape index (κ3) is 5.14. The molecule has 1 heterocycles. The highest BCUT2D eigenvalue weighted by atomic mass is 16.7. The molecule has 0 fully saturated rings. The molecule has 1 aromatic rings. The average Bonchev–Trinajstić information content (AvgIpc) is 2.71. The number of nitro benzene ring substituents is 1. The van der Waals surface area contributed by atoms with Crippen LogP contribution in [0.2, 0.25) is 0 Å². The van der Waals surface area contributed by atoms with Gasteiger partial charge in [0.15, 0.2) is 0 Å². The van der Waals surface area contributed by atoms with Gasteiger partial charge in [0, 0.05) is 18.7 Å². The zero-order chi connectivity index (χ0) is 23.3. The van der Waals surface area contributed by atoms with E-state index in [9.17, 15) is 19.7 Å². The summed E-state index contributed by atoms with van der Waals surface area (Å²) in [5.41, 5.74) is 1.86. The van der Waals surface area contributed by atoms with Gasteiger partial charge >= 0.3 is 12.3 Å². The Morgan fingerprint density at radius 3 is 1.90 bits per heavy atom. The molecule has 31 heavy (non-hydrogen) atoms. The second kappa shape index (κ2) is 9.96. The van der Waals surface area contributed by atoms with E-state index in [1.165, 1.54) is 6.07 Å². The van der Waals surface area contributed by atoms with E-state index in [1.54, 1.807) is 58.7 Å². The van der Waals surface area contributed by atoms with Gasteiger partial charge in [0.2, 0.25) is 0 Å². The maximum absolute atomic E-state index is 12.1. The van der Waals surface area contributed by atoms with E-state index >= 15 is 0 Å². The van der Waals surface area contributed by atoms with Gasteiger partial charge in [0.25, 0.3) is 5.69 Å². The lowest BCUT2D eigenvalue weighted by Gasteiger charge is -2.35. The Bertz CT molecular complexity index is 907. The fourth-order valence-corrected chi connectivity index (χ4v) is 3.16. The zero-order valence-electron chi connectivity index (χ0n) is 18.4. The van der Waals surface area contributed by atoms with E-state index < -0.39 is 23.2 Å². The minimum Gasteiger partial charge on any atom is -0.434 e. The molecule has 0 saturated heterocycles. The van der Waals surface area contributed by atoms with Gasteiger partial charge in [0.05, 0.1) is 29.5 Å².